The molecular formula is C6H10BrF. The van der Waals surface area contributed by atoms with Gasteiger partial charge in [-0.2, -0.15) is 0 Å². The van der Waals surface area contributed by atoms with Gasteiger partial charge in [-0.1, -0.05) is 28.8 Å². The van der Waals surface area contributed by atoms with Gasteiger partial charge in [0.2, 0.25) is 0 Å². The van der Waals surface area contributed by atoms with Gasteiger partial charge in [0.25, 0.3) is 0 Å². The highest BCUT2D eigenvalue weighted by Crippen LogP contribution is 2.26. The Bertz CT molecular complexity index is 64.9. The van der Waals surface area contributed by atoms with Crippen molar-refractivity contribution in [2.75, 3.05) is 0 Å². The predicted octanol–water partition coefficient (Wildman–Crippen LogP) is 2.66. The van der Waals surface area contributed by atoms with Crippen LogP contribution in [-0.4, -0.2) is 11.0 Å². The van der Waals surface area contributed by atoms with E-state index in [2.05, 4.69) is 15.9 Å². The molecule has 1 fully saturated rings. The Kier molecular flexibility index (Phi) is 2.29. The molecule has 1 aliphatic rings. The molecular weight excluding hydrogens is 171 g/mol. The van der Waals surface area contributed by atoms with Gasteiger partial charge in [0, 0.05) is 4.83 Å². The number of hydrogen-bond acceptors (Lipinski definition) is 0. The van der Waals surface area contributed by atoms with Crippen molar-refractivity contribution in [2.24, 2.45) is 0 Å². The lowest BCUT2D eigenvalue weighted by Crippen LogP contribution is -2.19. The molecule has 2 atom stereocenters. The van der Waals surface area contributed by atoms with E-state index in [1.165, 1.54) is 6.42 Å². The number of rotatable bonds is 0. The van der Waals surface area contributed by atoms with Crippen LogP contribution in [0.15, 0.2) is 0 Å². The third-order valence-corrected chi connectivity index (χ3v) is 2.63. The molecule has 48 valence electrons. The van der Waals surface area contributed by atoms with E-state index >= 15 is 0 Å². The molecule has 1 saturated carbocycles. The Morgan fingerprint density at radius 3 is 2.25 bits per heavy atom. The molecule has 1 aliphatic carbocycles. The smallest absolute Gasteiger partial charge is 0.113 e. The van der Waals surface area contributed by atoms with Crippen LogP contribution >= 0.6 is 15.9 Å². The number of hydrogen-bond donors (Lipinski definition) is 0. The van der Waals surface area contributed by atoms with Crippen molar-refractivity contribution in [1.29, 1.82) is 0 Å². The lowest BCUT2D eigenvalue weighted by atomic mass is 9.99. The fourth-order valence-electron chi connectivity index (χ4n) is 1.04. The fraction of sp³-hybridized carbons (Fsp3) is 1.00. The molecule has 0 saturated heterocycles. The molecule has 2 heteroatoms. The van der Waals surface area contributed by atoms with Crippen LogP contribution in [0.2, 0.25) is 0 Å². The molecule has 0 unspecified atom stereocenters. The van der Waals surface area contributed by atoms with Gasteiger partial charge in [-0.05, 0) is 12.8 Å². The highest BCUT2D eigenvalue weighted by molar-refractivity contribution is 9.09. The zero-order chi connectivity index (χ0) is 5.98. The van der Waals surface area contributed by atoms with Crippen LogP contribution in [0.5, 0.6) is 0 Å². The molecule has 0 heterocycles. The topological polar surface area (TPSA) is 0 Å². The first-order chi connectivity index (χ1) is 3.80. The maximum absolute atomic E-state index is 12.5. The Morgan fingerprint density at radius 2 is 1.88 bits per heavy atom. The van der Waals surface area contributed by atoms with Gasteiger partial charge < -0.3 is 0 Å². The molecule has 8 heavy (non-hydrogen) atoms. The minimum atomic E-state index is -0.580. The third-order valence-electron chi connectivity index (χ3n) is 1.60. The van der Waals surface area contributed by atoms with E-state index in [1.807, 2.05) is 0 Å². The SMILES string of the molecule is F[C@H]1CCCC[C@H]1Br. The van der Waals surface area contributed by atoms with Crippen molar-refractivity contribution in [3.05, 3.63) is 0 Å². The van der Waals surface area contributed by atoms with Gasteiger partial charge >= 0.3 is 0 Å². The fourth-order valence-corrected chi connectivity index (χ4v) is 1.63. The monoisotopic (exact) mass is 180 g/mol. The van der Waals surface area contributed by atoms with E-state index in [0.29, 0.717) is 0 Å². The van der Waals surface area contributed by atoms with Crippen LogP contribution in [0, 0.1) is 0 Å². The molecule has 1 rings (SSSR count). The summed E-state index contributed by atoms with van der Waals surface area (Å²) in [5.74, 6) is 0. The van der Waals surface area contributed by atoms with Gasteiger partial charge in [-0.3, -0.25) is 0 Å². The Hall–Kier alpha value is 0.410. The van der Waals surface area contributed by atoms with Gasteiger partial charge in [-0.25, -0.2) is 4.39 Å². The zero-order valence-electron chi connectivity index (χ0n) is 4.74. The lowest BCUT2D eigenvalue weighted by molar-refractivity contribution is 0.263. The van der Waals surface area contributed by atoms with Crippen molar-refractivity contribution >= 4 is 15.9 Å². The highest BCUT2D eigenvalue weighted by Gasteiger charge is 2.21. The first-order valence-corrected chi connectivity index (χ1v) is 4.00. The van der Waals surface area contributed by atoms with E-state index in [4.69, 9.17) is 0 Å². The Morgan fingerprint density at radius 1 is 1.25 bits per heavy atom. The first-order valence-electron chi connectivity index (χ1n) is 3.09. The molecule has 0 aromatic rings. The summed E-state index contributed by atoms with van der Waals surface area (Å²) in [6.07, 6.45) is 3.46. The first kappa shape index (κ1) is 6.53. The average molecular weight is 181 g/mol. The summed E-state index contributed by atoms with van der Waals surface area (Å²) in [7, 11) is 0. The second-order valence-corrected chi connectivity index (χ2v) is 3.49. The average Bonchev–Trinajstić information content (AvgIpc) is 1.77. The number of alkyl halides is 2. The van der Waals surface area contributed by atoms with Crippen molar-refractivity contribution in [3.8, 4) is 0 Å². The Balaban J connectivity index is 2.28. The second kappa shape index (κ2) is 2.81. The summed E-state index contributed by atoms with van der Waals surface area (Å²) in [6.45, 7) is 0. The molecule has 0 N–H and O–H groups in total. The van der Waals surface area contributed by atoms with E-state index in [1.54, 1.807) is 0 Å². The van der Waals surface area contributed by atoms with Crippen molar-refractivity contribution in [2.45, 2.75) is 36.7 Å². The van der Waals surface area contributed by atoms with Crippen LogP contribution in [0.1, 0.15) is 25.7 Å². The van der Waals surface area contributed by atoms with E-state index < -0.39 is 6.17 Å². The third kappa shape index (κ3) is 1.44. The van der Waals surface area contributed by atoms with Gasteiger partial charge in [-0.15, -0.1) is 0 Å². The summed E-state index contributed by atoms with van der Waals surface area (Å²) < 4.78 is 12.5. The summed E-state index contributed by atoms with van der Waals surface area (Å²) in [5, 5.41) is 0. The zero-order valence-corrected chi connectivity index (χ0v) is 6.33. The highest BCUT2D eigenvalue weighted by atomic mass is 79.9. The van der Waals surface area contributed by atoms with E-state index in [0.717, 1.165) is 19.3 Å². The summed E-state index contributed by atoms with van der Waals surface area (Å²) in [6, 6.07) is 0. The van der Waals surface area contributed by atoms with E-state index in [9.17, 15) is 4.39 Å². The van der Waals surface area contributed by atoms with Crippen molar-refractivity contribution < 1.29 is 4.39 Å². The number of halogens is 2. The molecule has 0 bridgehead atoms. The molecule has 0 aromatic carbocycles. The van der Waals surface area contributed by atoms with Gasteiger partial charge in [0.15, 0.2) is 0 Å². The summed E-state index contributed by atoms with van der Waals surface area (Å²) in [5.41, 5.74) is 0. The molecule has 0 radical (unpaired) electrons. The van der Waals surface area contributed by atoms with Crippen LogP contribution in [0.25, 0.3) is 0 Å². The van der Waals surface area contributed by atoms with Crippen LogP contribution in [0.4, 0.5) is 4.39 Å². The summed E-state index contributed by atoms with van der Waals surface area (Å²) in [4.78, 5) is 0.149. The minimum absolute atomic E-state index is 0.149. The van der Waals surface area contributed by atoms with Crippen LogP contribution in [-0.2, 0) is 0 Å². The second-order valence-electron chi connectivity index (χ2n) is 2.32. The Labute approximate surface area is 57.6 Å². The van der Waals surface area contributed by atoms with Crippen LogP contribution < -0.4 is 0 Å². The predicted molar refractivity (Wildman–Crippen MR) is 36.1 cm³/mol. The van der Waals surface area contributed by atoms with Crippen molar-refractivity contribution in [3.63, 3.8) is 0 Å². The largest absolute Gasteiger partial charge is 0.246 e. The normalized spacial score (nSPS) is 39.8. The quantitative estimate of drug-likeness (QED) is 0.504. The maximum atomic E-state index is 12.5. The molecule has 0 nitrogen and oxygen atoms in total. The van der Waals surface area contributed by atoms with Gasteiger partial charge in [0.1, 0.15) is 6.17 Å². The molecule has 0 aromatic heterocycles. The summed E-state index contributed by atoms with van der Waals surface area (Å²) >= 11 is 3.28. The van der Waals surface area contributed by atoms with Crippen LogP contribution in [0.3, 0.4) is 0 Å². The van der Waals surface area contributed by atoms with E-state index in [-0.39, 0.29) is 4.83 Å². The van der Waals surface area contributed by atoms with Gasteiger partial charge in [0.05, 0.1) is 0 Å². The maximum Gasteiger partial charge on any atom is 0.113 e. The molecule has 0 amide bonds. The molecule has 0 aliphatic heterocycles. The minimum Gasteiger partial charge on any atom is -0.246 e. The van der Waals surface area contributed by atoms with Crippen molar-refractivity contribution in [1.82, 2.24) is 0 Å². The lowest BCUT2D eigenvalue weighted by Gasteiger charge is -2.19. The standard InChI is InChI=1S/C6H10BrF/c7-5-3-1-2-4-6(5)8/h5-6H,1-4H2/t5-,6+/m1/s1. The molecule has 0 spiro atoms.